The minimum absolute atomic E-state index is 0.113. The van der Waals surface area contributed by atoms with E-state index >= 15 is 0 Å². The molecule has 0 aliphatic carbocycles. The molecule has 1 aromatic heterocycles. The van der Waals surface area contributed by atoms with Crippen molar-refractivity contribution < 1.29 is 13.9 Å². The third-order valence-electron chi connectivity index (χ3n) is 4.10. The van der Waals surface area contributed by atoms with Gasteiger partial charge >= 0.3 is 0 Å². The van der Waals surface area contributed by atoms with E-state index in [9.17, 15) is 4.79 Å². The zero-order valence-corrected chi connectivity index (χ0v) is 12.5. The molecule has 2 aromatic rings. The highest BCUT2D eigenvalue weighted by molar-refractivity contribution is 5.98. The van der Waals surface area contributed by atoms with Crippen LogP contribution in [0, 0.1) is 6.92 Å². The van der Waals surface area contributed by atoms with Gasteiger partial charge < -0.3 is 14.5 Å². The van der Waals surface area contributed by atoms with Gasteiger partial charge in [0.15, 0.2) is 5.76 Å². The number of carbonyl (C=O) groups is 1. The molecule has 1 aliphatic heterocycles. The Bertz CT molecular complexity index is 647. The molecule has 3 rings (SSSR count). The number of hydrogen-bond acceptors (Lipinski definition) is 3. The molecular formula is C17H21NO3. The number of aryl methyl sites for hydroxylation is 1. The highest BCUT2D eigenvalue weighted by Gasteiger charge is 2.22. The first-order valence-corrected chi connectivity index (χ1v) is 7.57. The summed E-state index contributed by atoms with van der Waals surface area (Å²) in [5.41, 5.74) is 1.64. The van der Waals surface area contributed by atoms with Crippen LogP contribution in [0.1, 0.15) is 42.3 Å². The van der Waals surface area contributed by atoms with Crippen molar-refractivity contribution in [1.29, 1.82) is 0 Å². The van der Waals surface area contributed by atoms with Crippen LogP contribution in [-0.4, -0.2) is 24.7 Å². The molecule has 1 fully saturated rings. The standard InChI is InChI=1S/C17H21NO3/c1-11-6-5-7-13(20-11)10-18-17(19)16-12(2)14-8-3-4-9-15(14)21-16/h3-4,8-9,11,13H,5-7,10H2,1-2H3,(H,18,19). The van der Waals surface area contributed by atoms with E-state index < -0.39 is 0 Å². The maximum Gasteiger partial charge on any atom is 0.287 e. The first-order valence-electron chi connectivity index (χ1n) is 7.57. The molecule has 21 heavy (non-hydrogen) atoms. The maximum atomic E-state index is 12.3. The molecule has 2 heterocycles. The fourth-order valence-corrected chi connectivity index (χ4v) is 2.93. The zero-order valence-electron chi connectivity index (χ0n) is 12.5. The second-order valence-corrected chi connectivity index (χ2v) is 5.76. The Labute approximate surface area is 124 Å². The number of benzene rings is 1. The summed E-state index contributed by atoms with van der Waals surface area (Å²) < 4.78 is 11.5. The Morgan fingerprint density at radius 2 is 2.14 bits per heavy atom. The van der Waals surface area contributed by atoms with Crippen LogP contribution in [0.25, 0.3) is 11.0 Å². The molecule has 0 saturated carbocycles. The van der Waals surface area contributed by atoms with Gasteiger partial charge in [-0.25, -0.2) is 0 Å². The number of para-hydroxylation sites is 1. The van der Waals surface area contributed by atoms with E-state index in [1.54, 1.807) is 0 Å². The molecular weight excluding hydrogens is 266 g/mol. The number of ether oxygens (including phenoxy) is 1. The molecule has 2 unspecified atom stereocenters. The molecule has 0 bridgehead atoms. The summed E-state index contributed by atoms with van der Waals surface area (Å²) in [7, 11) is 0. The molecule has 112 valence electrons. The first-order chi connectivity index (χ1) is 10.1. The molecule has 2 atom stereocenters. The number of fused-ring (bicyclic) bond motifs is 1. The summed E-state index contributed by atoms with van der Waals surface area (Å²) in [6, 6.07) is 7.70. The van der Waals surface area contributed by atoms with E-state index in [1.165, 1.54) is 0 Å². The number of nitrogens with one attached hydrogen (secondary N) is 1. The van der Waals surface area contributed by atoms with Crippen LogP contribution in [0.2, 0.25) is 0 Å². The van der Waals surface area contributed by atoms with Gasteiger partial charge in [-0.15, -0.1) is 0 Å². The van der Waals surface area contributed by atoms with Crippen LogP contribution in [0.15, 0.2) is 28.7 Å². The van der Waals surface area contributed by atoms with Gasteiger partial charge in [-0.3, -0.25) is 4.79 Å². The van der Waals surface area contributed by atoms with Crippen LogP contribution in [0.3, 0.4) is 0 Å². The molecule has 1 amide bonds. The van der Waals surface area contributed by atoms with Crippen LogP contribution >= 0.6 is 0 Å². The van der Waals surface area contributed by atoms with Crippen LogP contribution in [0.5, 0.6) is 0 Å². The SMILES string of the molecule is Cc1c(C(=O)NCC2CCCC(C)O2)oc2ccccc12. The van der Waals surface area contributed by atoms with Crippen LogP contribution in [0.4, 0.5) is 0 Å². The van der Waals surface area contributed by atoms with Gasteiger partial charge in [0.05, 0.1) is 12.2 Å². The Morgan fingerprint density at radius 1 is 1.33 bits per heavy atom. The minimum Gasteiger partial charge on any atom is -0.451 e. The molecule has 1 saturated heterocycles. The molecule has 4 nitrogen and oxygen atoms in total. The largest absolute Gasteiger partial charge is 0.451 e. The van der Waals surface area contributed by atoms with E-state index in [-0.39, 0.29) is 18.1 Å². The Morgan fingerprint density at radius 3 is 2.90 bits per heavy atom. The predicted octanol–water partition coefficient (Wildman–Crippen LogP) is 3.43. The fraction of sp³-hybridized carbons (Fsp3) is 0.471. The van der Waals surface area contributed by atoms with Gasteiger partial charge in [-0.1, -0.05) is 18.2 Å². The van der Waals surface area contributed by atoms with Gasteiger partial charge in [0.2, 0.25) is 0 Å². The van der Waals surface area contributed by atoms with E-state index in [0.717, 1.165) is 35.8 Å². The predicted molar refractivity (Wildman–Crippen MR) is 81.5 cm³/mol. The quantitative estimate of drug-likeness (QED) is 0.941. The average molecular weight is 287 g/mol. The van der Waals surface area contributed by atoms with Gasteiger partial charge in [0.25, 0.3) is 5.91 Å². The molecule has 1 N–H and O–H groups in total. The van der Waals surface area contributed by atoms with Crippen molar-refractivity contribution in [3.05, 3.63) is 35.6 Å². The summed E-state index contributed by atoms with van der Waals surface area (Å²) in [5, 5.41) is 3.92. The zero-order chi connectivity index (χ0) is 14.8. The van der Waals surface area contributed by atoms with Gasteiger partial charge in [0, 0.05) is 17.5 Å². The lowest BCUT2D eigenvalue weighted by molar-refractivity contribution is -0.0374. The summed E-state index contributed by atoms with van der Waals surface area (Å²) in [6.45, 7) is 4.54. The molecule has 4 heteroatoms. The Hall–Kier alpha value is -1.81. The second-order valence-electron chi connectivity index (χ2n) is 5.76. The minimum atomic E-state index is -0.162. The highest BCUT2D eigenvalue weighted by atomic mass is 16.5. The molecule has 0 spiro atoms. The number of rotatable bonds is 3. The summed E-state index contributed by atoms with van der Waals surface area (Å²) in [4.78, 5) is 12.3. The first kappa shape index (κ1) is 14.1. The summed E-state index contributed by atoms with van der Waals surface area (Å²) >= 11 is 0. The third kappa shape index (κ3) is 2.95. The van der Waals surface area contributed by atoms with Crippen molar-refractivity contribution in [2.45, 2.75) is 45.3 Å². The van der Waals surface area contributed by atoms with E-state index in [4.69, 9.17) is 9.15 Å². The van der Waals surface area contributed by atoms with Crippen molar-refractivity contribution in [2.24, 2.45) is 0 Å². The van der Waals surface area contributed by atoms with Gasteiger partial charge in [-0.05, 0) is 39.2 Å². The second kappa shape index (κ2) is 5.90. The van der Waals surface area contributed by atoms with Crippen molar-refractivity contribution in [1.82, 2.24) is 5.32 Å². The van der Waals surface area contributed by atoms with Crippen molar-refractivity contribution >= 4 is 16.9 Å². The summed E-state index contributed by atoms with van der Waals surface area (Å²) in [6.07, 6.45) is 3.67. The van der Waals surface area contributed by atoms with Crippen molar-refractivity contribution in [3.8, 4) is 0 Å². The molecule has 1 aromatic carbocycles. The third-order valence-corrected chi connectivity index (χ3v) is 4.10. The number of carbonyl (C=O) groups excluding carboxylic acids is 1. The normalized spacial score (nSPS) is 22.4. The van der Waals surface area contributed by atoms with Crippen molar-refractivity contribution in [2.75, 3.05) is 6.54 Å². The van der Waals surface area contributed by atoms with E-state index in [2.05, 4.69) is 12.2 Å². The highest BCUT2D eigenvalue weighted by Crippen LogP contribution is 2.25. The maximum absolute atomic E-state index is 12.3. The number of amides is 1. The summed E-state index contributed by atoms with van der Waals surface area (Å²) in [5.74, 6) is 0.241. The molecule has 1 aliphatic rings. The Balaban J connectivity index is 1.68. The van der Waals surface area contributed by atoms with Crippen LogP contribution in [-0.2, 0) is 4.74 Å². The average Bonchev–Trinajstić information content (AvgIpc) is 2.83. The van der Waals surface area contributed by atoms with Gasteiger partial charge in [0.1, 0.15) is 5.58 Å². The lowest BCUT2D eigenvalue weighted by Crippen LogP contribution is -2.37. The topological polar surface area (TPSA) is 51.5 Å². The molecule has 0 radical (unpaired) electrons. The van der Waals surface area contributed by atoms with Crippen molar-refractivity contribution in [3.63, 3.8) is 0 Å². The smallest absolute Gasteiger partial charge is 0.287 e. The monoisotopic (exact) mass is 287 g/mol. The fourth-order valence-electron chi connectivity index (χ4n) is 2.93. The Kier molecular flexibility index (Phi) is 3.97. The van der Waals surface area contributed by atoms with Crippen LogP contribution < -0.4 is 5.32 Å². The van der Waals surface area contributed by atoms with E-state index in [1.807, 2.05) is 31.2 Å². The number of hydrogen-bond donors (Lipinski definition) is 1. The lowest BCUT2D eigenvalue weighted by atomic mass is 10.0. The number of furan rings is 1. The van der Waals surface area contributed by atoms with Gasteiger partial charge in [-0.2, -0.15) is 0 Å². The lowest BCUT2D eigenvalue weighted by Gasteiger charge is -2.27. The van der Waals surface area contributed by atoms with E-state index in [0.29, 0.717) is 12.3 Å².